The molecule has 0 radical (unpaired) electrons. The van der Waals surface area contributed by atoms with Crippen LogP contribution >= 0.6 is 0 Å². The number of nitrogens with one attached hydrogen (secondary N) is 1. The third-order valence-corrected chi connectivity index (χ3v) is 3.42. The van der Waals surface area contributed by atoms with Gasteiger partial charge in [-0.05, 0) is 38.0 Å². The molecule has 0 atom stereocenters. The molecule has 21 heavy (non-hydrogen) atoms. The van der Waals surface area contributed by atoms with Crippen LogP contribution in [0.25, 0.3) is 0 Å². The fraction of sp³-hybridized carbons (Fsp3) is 0.412. The van der Waals surface area contributed by atoms with E-state index in [1.165, 1.54) is 5.56 Å². The number of hydrogen-bond acceptors (Lipinski definition) is 4. The van der Waals surface area contributed by atoms with E-state index in [1.807, 2.05) is 27.0 Å². The van der Waals surface area contributed by atoms with Crippen LogP contribution in [0, 0.1) is 20.8 Å². The number of hydrogen-bond donors (Lipinski definition) is 1. The Morgan fingerprint density at radius 2 is 1.81 bits per heavy atom. The Hall–Kier alpha value is -2.10. The van der Waals surface area contributed by atoms with Crippen LogP contribution in [-0.4, -0.2) is 17.0 Å². The van der Waals surface area contributed by atoms with Crippen molar-refractivity contribution >= 4 is 5.82 Å². The van der Waals surface area contributed by atoms with E-state index in [4.69, 9.17) is 4.74 Å². The summed E-state index contributed by atoms with van der Waals surface area (Å²) < 4.78 is 6.06. The first-order chi connectivity index (χ1) is 9.92. The van der Waals surface area contributed by atoms with E-state index in [1.54, 1.807) is 0 Å². The number of nitrogens with zero attached hydrogens (tertiary/aromatic N) is 2. The molecule has 0 fully saturated rings. The Morgan fingerprint density at radius 3 is 2.43 bits per heavy atom. The molecular formula is C17H23N3O. The molecule has 0 aliphatic heterocycles. The number of rotatable bonds is 4. The molecule has 1 aromatic heterocycles. The van der Waals surface area contributed by atoms with E-state index in [0.717, 1.165) is 28.5 Å². The summed E-state index contributed by atoms with van der Waals surface area (Å²) in [5, 5.41) is 3.11. The summed E-state index contributed by atoms with van der Waals surface area (Å²) in [4.78, 5) is 9.10. The molecule has 0 bridgehead atoms. The number of anilines is 1. The fourth-order valence-corrected chi connectivity index (χ4v) is 2.03. The minimum absolute atomic E-state index is 0.249. The first-order valence-corrected chi connectivity index (χ1v) is 7.23. The van der Waals surface area contributed by atoms with Gasteiger partial charge in [-0.25, -0.2) is 4.98 Å². The predicted molar refractivity (Wildman–Crippen MR) is 86.4 cm³/mol. The summed E-state index contributed by atoms with van der Waals surface area (Å²) in [5.41, 5.74) is 3.18. The van der Waals surface area contributed by atoms with Gasteiger partial charge in [0.25, 0.3) is 0 Å². The van der Waals surface area contributed by atoms with Crippen molar-refractivity contribution in [3.63, 3.8) is 0 Å². The summed E-state index contributed by atoms with van der Waals surface area (Å²) in [6.45, 7) is 10.2. The van der Waals surface area contributed by atoms with Gasteiger partial charge in [0.2, 0.25) is 5.88 Å². The Bertz CT molecular complexity index is 651. The highest BCUT2D eigenvalue weighted by Gasteiger charge is 2.15. The van der Waals surface area contributed by atoms with Crippen molar-refractivity contribution in [3.8, 4) is 11.6 Å². The van der Waals surface area contributed by atoms with Gasteiger partial charge in [0.1, 0.15) is 17.4 Å². The first-order valence-electron chi connectivity index (χ1n) is 7.23. The average Bonchev–Trinajstić information content (AvgIpc) is 2.44. The summed E-state index contributed by atoms with van der Waals surface area (Å²) in [6, 6.07) is 6.17. The number of aryl methyl sites for hydroxylation is 2. The highest BCUT2D eigenvalue weighted by atomic mass is 16.5. The van der Waals surface area contributed by atoms with Gasteiger partial charge >= 0.3 is 0 Å². The number of benzene rings is 1. The first kappa shape index (κ1) is 15.3. The Morgan fingerprint density at radius 1 is 1.10 bits per heavy atom. The van der Waals surface area contributed by atoms with E-state index in [9.17, 15) is 0 Å². The molecular weight excluding hydrogens is 262 g/mol. The second-order valence-electron chi connectivity index (χ2n) is 5.64. The molecule has 0 spiro atoms. The third kappa shape index (κ3) is 3.32. The minimum atomic E-state index is 0.249. The molecule has 0 aliphatic rings. The predicted octanol–water partition coefficient (Wildman–Crippen LogP) is 4.36. The molecule has 1 heterocycles. The monoisotopic (exact) mass is 285 g/mol. The lowest BCUT2D eigenvalue weighted by Gasteiger charge is -2.15. The molecule has 0 saturated heterocycles. The summed E-state index contributed by atoms with van der Waals surface area (Å²) in [6.07, 6.45) is 0. The van der Waals surface area contributed by atoms with E-state index < -0.39 is 0 Å². The zero-order chi connectivity index (χ0) is 15.6. The van der Waals surface area contributed by atoms with Gasteiger partial charge in [0, 0.05) is 13.0 Å². The number of ether oxygens (including phenoxy) is 1. The standard InChI is InChI=1S/C17H23N3O/c1-10(2)15-19-16(18-6)13(5)17(20-15)21-14-9-11(3)7-8-12(14)4/h7-10H,1-6H3,(H,18,19,20). The van der Waals surface area contributed by atoms with Gasteiger partial charge in [-0.2, -0.15) is 4.98 Å². The summed E-state index contributed by atoms with van der Waals surface area (Å²) in [5.74, 6) is 3.30. The minimum Gasteiger partial charge on any atom is -0.438 e. The molecule has 112 valence electrons. The maximum absolute atomic E-state index is 6.06. The van der Waals surface area contributed by atoms with Crippen molar-refractivity contribution in [2.45, 2.75) is 40.5 Å². The molecule has 4 nitrogen and oxygen atoms in total. The smallest absolute Gasteiger partial charge is 0.227 e. The van der Waals surface area contributed by atoms with Crippen LogP contribution in [0.5, 0.6) is 11.6 Å². The van der Waals surface area contributed by atoms with Gasteiger partial charge in [0.15, 0.2) is 0 Å². The van der Waals surface area contributed by atoms with Crippen LogP contribution in [-0.2, 0) is 0 Å². The van der Waals surface area contributed by atoms with Gasteiger partial charge < -0.3 is 10.1 Å². The molecule has 2 aromatic rings. The zero-order valence-corrected chi connectivity index (χ0v) is 13.6. The van der Waals surface area contributed by atoms with Crippen LogP contribution in [0.3, 0.4) is 0 Å². The largest absolute Gasteiger partial charge is 0.438 e. The summed E-state index contributed by atoms with van der Waals surface area (Å²) >= 11 is 0. The SMILES string of the molecule is CNc1nc(C(C)C)nc(Oc2cc(C)ccc2C)c1C. The Balaban J connectivity index is 2.47. The second-order valence-corrected chi connectivity index (χ2v) is 5.64. The van der Waals surface area contributed by atoms with Crippen molar-refractivity contribution in [2.24, 2.45) is 0 Å². The van der Waals surface area contributed by atoms with Gasteiger partial charge in [0.05, 0.1) is 5.56 Å². The Labute approximate surface area is 126 Å². The van der Waals surface area contributed by atoms with E-state index in [0.29, 0.717) is 5.88 Å². The van der Waals surface area contributed by atoms with Gasteiger partial charge in [-0.15, -0.1) is 0 Å². The summed E-state index contributed by atoms with van der Waals surface area (Å²) in [7, 11) is 1.86. The highest BCUT2D eigenvalue weighted by Crippen LogP contribution is 2.30. The van der Waals surface area contributed by atoms with Crippen LogP contribution in [0.2, 0.25) is 0 Å². The molecule has 1 N–H and O–H groups in total. The van der Waals surface area contributed by atoms with Crippen molar-refractivity contribution in [1.29, 1.82) is 0 Å². The van der Waals surface area contributed by atoms with Crippen molar-refractivity contribution in [1.82, 2.24) is 9.97 Å². The number of aromatic nitrogens is 2. The van der Waals surface area contributed by atoms with Crippen molar-refractivity contribution < 1.29 is 4.74 Å². The van der Waals surface area contributed by atoms with Gasteiger partial charge in [-0.3, -0.25) is 0 Å². The van der Waals surface area contributed by atoms with Crippen LogP contribution in [0.1, 0.15) is 42.3 Å². The van der Waals surface area contributed by atoms with Crippen molar-refractivity contribution in [3.05, 3.63) is 40.7 Å². The van der Waals surface area contributed by atoms with Crippen LogP contribution < -0.4 is 10.1 Å². The molecule has 0 aliphatic carbocycles. The third-order valence-electron chi connectivity index (χ3n) is 3.42. The maximum Gasteiger partial charge on any atom is 0.227 e. The van der Waals surface area contributed by atoms with Crippen molar-refractivity contribution in [2.75, 3.05) is 12.4 Å². The molecule has 0 amide bonds. The average molecular weight is 285 g/mol. The Kier molecular flexibility index (Phi) is 4.46. The molecule has 0 saturated carbocycles. The zero-order valence-electron chi connectivity index (χ0n) is 13.6. The second kappa shape index (κ2) is 6.12. The molecule has 0 unspecified atom stereocenters. The molecule has 2 rings (SSSR count). The molecule has 1 aromatic carbocycles. The van der Waals surface area contributed by atoms with Crippen LogP contribution in [0.15, 0.2) is 18.2 Å². The van der Waals surface area contributed by atoms with E-state index in [2.05, 4.69) is 48.2 Å². The topological polar surface area (TPSA) is 47.0 Å². The van der Waals surface area contributed by atoms with Crippen LogP contribution in [0.4, 0.5) is 5.82 Å². The lowest BCUT2D eigenvalue weighted by molar-refractivity contribution is 0.449. The van der Waals surface area contributed by atoms with E-state index in [-0.39, 0.29) is 5.92 Å². The van der Waals surface area contributed by atoms with E-state index >= 15 is 0 Å². The fourth-order valence-electron chi connectivity index (χ4n) is 2.03. The molecule has 4 heteroatoms. The lowest BCUT2D eigenvalue weighted by atomic mass is 10.1. The lowest BCUT2D eigenvalue weighted by Crippen LogP contribution is -2.06. The van der Waals surface area contributed by atoms with Gasteiger partial charge in [-0.1, -0.05) is 26.0 Å². The quantitative estimate of drug-likeness (QED) is 0.906. The maximum atomic E-state index is 6.06. The highest BCUT2D eigenvalue weighted by molar-refractivity contribution is 5.50. The normalized spacial score (nSPS) is 10.8.